The fourth-order valence-corrected chi connectivity index (χ4v) is 2.30. The summed E-state index contributed by atoms with van der Waals surface area (Å²) in [4.78, 5) is 13.6. The van der Waals surface area contributed by atoms with Crippen molar-refractivity contribution >= 4 is 5.97 Å². The quantitative estimate of drug-likeness (QED) is 0.751. The van der Waals surface area contributed by atoms with Crippen LogP contribution in [0.25, 0.3) is 0 Å². The van der Waals surface area contributed by atoms with Crippen molar-refractivity contribution in [2.24, 2.45) is 0 Å². The van der Waals surface area contributed by atoms with E-state index >= 15 is 0 Å². The standard InChI is InChI=1S/C12H21N5O2/c1-3-4-13-12(2,11(18)19)8-16-5-6-17-9-14-15-10(17)7-16/h9,13H,3-8H2,1-2H3,(H,18,19). The molecule has 0 aliphatic carbocycles. The molecule has 1 atom stereocenters. The van der Waals surface area contributed by atoms with Crippen molar-refractivity contribution in [2.45, 2.75) is 38.9 Å². The molecule has 1 aromatic heterocycles. The minimum atomic E-state index is -0.918. The van der Waals surface area contributed by atoms with Crippen LogP contribution in [0, 0.1) is 0 Å². The van der Waals surface area contributed by atoms with Gasteiger partial charge in [0.15, 0.2) is 0 Å². The fraction of sp³-hybridized carbons (Fsp3) is 0.750. The SMILES string of the molecule is CCCNC(C)(CN1CCn2cnnc2C1)C(=O)O. The van der Waals surface area contributed by atoms with E-state index in [2.05, 4.69) is 20.4 Å². The average molecular weight is 267 g/mol. The summed E-state index contributed by atoms with van der Waals surface area (Å²) in [6, 6.07) is 0. The van der Waals surface area contributed by atoms with Crippen molar-refractivity contribution in [3.63, 3.8) is 0 Å². The van der Waals surface area contributed by atoms with Gasteiger partial charge in [-0.1, -0.05) is 6.92 Å². The zero-order valence-electron chi connectivity index (χ0n) is 11.5. The number of carbonyl (C=O) groups is 1. The highest BCUT2D eigenvalue weighted by atomic mass is 16.4. The highest BCUT2D eigenvalue weighted by molar-refractivity contribution is 5.78. The minimum absolute atomic E-state index is 0.467. The molecule has 106 valence electrons. The molecule has 1 aromatic rings. The molecule has 0 amide bonds. The zero-order chi connectivity index (χ0) is 13.9. The normalized spacial score (nSPS) is 18.8. The first-order valence-electron chi connectivity index (χ1n) is 6.62. The smallest absolute Gasteiger partial charge is 0.324 e. The van der Waals surface area contributed by atoms with Crippen LogP contribution in [0.2, 0.25) is 0 Å². The minimum Gasteiger partial charge on any atom is -0.480 e. The molecule has 0 aromatic carbocycles. The second-order valence-electron chi connectivity index (χ2n) is 5.22. The number of nitrogens with one attached hydrogen (secondary N) is 1. The van der Waals surface area contributed by atoms with Gasteiger partial charge in [0.25, 0.3) is 0 Å². The molecule has 0 saturated carbocycles. The summed E-state index contributed by atoms with van der Waals surface area (Å²) in [6.45, 7) is 7.22. The lowest BCUT2D eigenvalue weighted by Gasteiger charge is -2.35. The topological polar surface area (TPSA) is 83.3 Å². The number of aromatic nitrogens is 3. The number of carboxylic acids is 1. The molecule has 1 aliphatic heterocycles. The number of nitrogens with zero attached hydrogens (tertiary/aromatic N) is 4. The number of hydrogen-bond acceptors (Lipinski definition) is 5. The van der Waals surface area contributed by atoms with E-state index in [1.54, 1.807) is 13.3 Å². The molecule has 2 rings (SSSR count). The molecule has 0 saturated heterocycles. The number of aliphatic carboxylic acids is 1. The molecular formula is C12H21N5O2. The predicted molar refractivity (Wildman–Crippen MR) is 69.6 cm³/mol. The lowest BCUT2D eigenvalue weighted by atomic mass is 10.0. The maximum Gasteiger partial charge on any atom is 0.324 e. The van der Waals surface area contributed by atoms with E-state index in [0.717, 1.165) is 25.3 Å². The molecule has 1 unspecified atom stereocenters. The van der Waals surface area contributed by atoms with E-state index in [-0.39, 0.29) is 0 Å². The van der Waals surface area contributed by atoms with Crippen LogP contribution in [-0.2, 0) is 17.9 Å². The predicted octanol–water partition coefficient (Wildman–Crippen LogP) is -0.0634. The highest BCUT2D eigenvalue weighted by Crippen LogP contribution is 2.14. The summed E-state index contributed by atoms with van der Waals surface area (Å²) in [5.41, 5.74) is -0.918. The first-order chi connectivity index (χ1) is 9.05. The van der Waals surface area contributed by atoms with Gasteiger partial charge in [-0.2, -0.15) is 0 Å². The van der Waals surface area contributed by atoms with Gasteiger partial charge in [-0.25, -0.2) is 0 Å². The van der Waals surface area contributed by atoms with Gasteiger partial charge in [-0.3, -0.25) is 9.69 Å². The van der Waals surface area contributed by atoms with Gasteiger partial charge < -0.3 is 15.0 Å². The Labute approximate surface area is 112 Å². The Bertz CT molecular complexity index is 447. The van der Waals surface area contributed by atoms with E-state index in [1.807, 2.05) is 11.5 Å². The highest BCUT2D eigenvalue weighted by Gasteiger charge is 2.35. The number of carboxylic acid groups (broad SMARTS) is 1. The Morgan fingerprint density at radius 3 is 3.05 bits per heavy atom. The second kappa shape index (κ2) is 5.66. The summed E-state index contributed by atoms with van der Waals surface area (Å²) in [6.07, 6.45) is 2.63. The Kier molecular flexibility index (Phi) is 4.16. The Morgan fingerprint density at radius 1 is 1.58 bits per heavy atom. The first kappa shape index (κ1) is 14.0. The summed E-state index contributed by atoms with van der Waals surface area (Å²) in [5.74, 6) is 0.0856. The van der Waals surface area contributed by atoms with Gasteiger partial charge in [-0.05, 0) is 19.9 Å². The van der Waals surface area contributed by atoms with E-state index in [0.29, 0.717) is 19.6 Å². The average Bonchev–Trinajstić information content (AvgIpc) is 2.83. The molecule has 0 spiro atoms. The van der Waals surface area contributed by atoms with Crippen LogP contribution < -0.4 is 5.32 Å². The molecule has 7 nitrogen and oxygen atoms in total. The van der Waals surface area contributed by atoms with Crippen LogP contribution in [0.15, 0.2) is 6.33 Å². The van der Waals surface area contributed by atoms with Gasteiger partial charge in [0.1, 0.15) is 17.7 Å². The summed E-state index contributed by atoms with van der Waals surface area (Å²) in [7, 11) is 0. The van der Waals surface area contributed by atoms with Crippen LogP contribution in [0.4, 0.5) is 0 Å². The van der Waals surface area contributed by atoms with Crippen LogP contribution in [0.1, 0.15) is 26.1 Å². The molecular weight excluding hydrogens is 246 g/mol. The van der Waals surface area contributed by atoms with E-state index in [4.69, 9.17) is 0 Å². The Morgan fingerprint density at radius 2 is 2.37 bits per heavy atom. The summed E-state index contributed by atoms with van der Waals surface area (Å²) in [5, 5.41) is 20.5. The number of fused-ring (bicyclic) bond motifs is 1. The maximum atomic E-state index is 11.5. The van der Waals surface area contributed by atoms with Crippen LogP contribution >= 0.6 is 0 Å². The maximum absolute atomic E-state index is 11.5. The van der Waals surface area contributed by atoms with Crippen molar-refractivity contribution in [3.05, 3.63) is 12.2 Å². The summed E-state index contributed by atoms with van der Waals surface area (Å²) >= 11 is 0. The summed E-state index contributed by atoms with van der Waals surface area (Å²) < 4.78 is 2.01. The zero-order valence-corrected chi connectivity index (χ0v) is 11.5. The first-order valence-corrected chi connectivity index (χ1v) is 6.62. The van der Waals surface area contributed by atoms with E-state index in [9.17, 15) is 9.90 Å². The van der Waals surface area contributed by atoms with Crippen LogP contribution in [0.5, 0.6) is 0 Å². The van der Waals surface area contributed by atoms with Gasteiger partial charge in [0.2, 0.25) is 0 Å². The third-order valence-corrected chi connectivity index (χ3v) is 3.49. The van der Waals surface area contributed by atoms with Gasteiger partial charge in [-0.15, -0.1) is 10.2 Å². The fourth-order valence-electron chi connectivity index (χ4n) is 2.30. The Balaban J connectivity index is 2.01. The van der Waals surface area contributed by atoms with E-state index < -0.39 is 11.5 Å². The van der Waals surface area contributed by atoms with Crippen molar-refractivity contribution in [2.75, 3.05) is 19.6 Å². The molecule has 1 aliphatic rings. The lowest BCUT2D eigenvalue weighted by Crippen LogP contribution is -2.57. The second-order valence-corrected chi connectivity index (χ2v) is 5.22. The third-order valence-electron chi connectivity index (χ3n) is 3.49. The van der Waals surface area contributed by atoms with Crippen molar-refractivity contribution in [1.82, 2.24) is 25.0 Å². The number of rotatable bonds is 6. The third kappa shape index (κ3) is 3.10. The van der Waals surface area contributed by atoms with Gasteiger partial charge >= 0.3 is 5.97 Å². The molecule has 19 heavy (non-hydrogen) atoms. The van der Waals surface area contributed by atoms with Crippen molar-refractivity contribution in [1.29, 1.82) is 0 Å². The lowest BCUT2D eigenvalue weighted by molar-refractivity contribution is -0.145. The molecule has 0 bridgehead atoms. The van der Waals surface area contributed by atoms with E-state index in [1.165, 1.54) is 0 Å². The van der Waals surface area contributed by atoms with Gasteiger partial charge in [0.05, 0.1) is 6.54 Å². The number of hydrogen-bond donors (Lipinski definition) is 2. The molecule has 7 heteroatoms. The molecule has 2 N–H and O–H groups in total. The monoisotopic (exact) mass is 267 g/mol. The largest absolute Gasteiger partial charge is 0.480 e. The molecule has 2 heterocycles. The van der Waals surface area contributed by atoms with Crippen molar-refractivity contribution < 1.29 is 9.90 Å². The Hall–Kier alpha value is -1.47. The van der Waals surface area contributed by atoms with Crippen molar-refractivity contribution in [3.8, 4) is 0 Å². The van der Waals surface area contributed by atoms with Gasteiger partial charge in [0, 0.05) is 19.6 Å². The molecule has 0 fully saturated rings. The van der Waals surface area contributed by atoms with Crippen LogP contribution in [-0.4, -0.2) is 55.9 Å². The van der Waals surface area contributed by atoms with Crippen LogP contribution in [0.3, 0.4) is 0 Å². The molecule has 0 radical (unpaired) electrons.